The van der Waals surface area contributed by atoms with E-state index < -0.39 is 0 Å². The fourth-order valence-corrected chi connectivity index (χ4v) is 1.84. The summed E-state index contributed by atoms with van der Waals surface area (Å²) < 4.78 is 1.82. The lowest BCUT2D eigenvalue weighted by molar-refractivity contribution is 0.557. The maximum atomic E-state index is 6.00. The molecule has 5 nitrogen and oxygen atoms in total. The van der Waals surface area contributed by atoms with Gasteiger partial charge in [0.05, 0.1) is 0 Å². The van der Waals surface area contributed by atoms with Gasteiger partial charge < -0.3 is 5.73 Å². The standard InChI is InChI=1S/C12H17N5/c1-3-4-8-17-12(14-15-16-17)11-9(2)6-5-7-10(11)13/h5-7H,3-4,8,13H2,1-2H3. The molecule has 5 heteroatoms. The lowest BCUT2D eigenvalue weighted by Crippen LogP contribution is -2.05. The monoisotopic (exact) mass is 231 g/mol. The highest BCUT2D eigenvalue weighted by Crippen LogP contribution is 2.27. The molecular formula is C12H17N5. The number of anilines is 1. The van der Waals surface area contributed by atoms with Gasteiger partial charge in [0, 0.05) is 17.8 Å². The van der Waals surface area contributed by atoms with E-state index >= 15 is 0 Å². The van der Waals surface area contributed by atoms with E-state index in [-0.39, 0.29) is 0 Å². The van der Waals surface area contributed by atoms with Crippen LogP contribution in [0.3, 0.4) is 0 Å². The summed E-state index contributed by atoms with van der Waals surface area (Å²) in [5.74, 6) is 0.758. The van der Waals surface area contributed by atoms with Gasteiger partial charge in [0.1, 0.15) is 0 Å². The first-order chi connectivity index (χ1) is 8.24. The maximum Gasteiger partial charge on any atom is 0.184 e. The Balaban J connectivity index is 2.43. The number of nitrogens with two attached hydrogens (primary N) is 1. The van der Waals surface area contributed by atoms with E-state index in [2.05, 4.69) is 22.4 Å². The minimum atomic E-state index is 0.720. The summed E-state index contributed by atoms with van der Waals surface area (Å²) in [6.07, 6.45) is 2.17. The summed E-state index contributed by atoms with van der Waals surface area (Å²) in [5.41, 5.74) is 8.75. The third-order valence-electron chi connectivity index (χ3n) is 2.78. The molecule has 0 aliphatic heterocycles. The van der Waals surface area contributed by atoms with Gasteiger partial charge in [-0.05, 0) is 35.4 Å². The maximum absolute atomic E-state index is 6.00. The van der Waals surface area contributed by atoms with Crippen molar-refractivity contribution in [2.45, 2.75) is 33.2 Å². The van der Waals surface area contributed by atoms with Crippen LogP contribution in [0.5, 0.6) is 0 Å². The van der Waals surface area contributed by atoms with Crippen LogP contribution < -0.4 is 5.73 Å². The Hall–Kier alpha value is -1.91. The highest BCUT2D eigenvalue weighted by molar-refractivity contribution is 5.74. The molecule has 0 aliphatic rings. The summed E-state index contributed by atoms with van der Waals surface area (Å²) in [7, 11) is 0. The van der Waals surface area contributed by atoms with Crippen molar-refractivity contribution >= 4 is 5.69 Å². The first-order valence-electron chi connectivity index (χ1n) is 5.85. The molecule has 90 valence electrons. The number of benzene rings is 1. The molecule has 0 atom stereocenters. The molecule has 0 amide bonds. The Morgan fingerprint density at radius 1 is 1.35 bits per heavy atom. The molecule has 0 aliphatic carbocycles. The quantitative estimate of drug-likeness (QED) is 0.817. The van der Waals surface area contributed by atoms with Crippen LogP contribution in [-0.2, 0) is 6.54 Å². The first-order valence-corrected chi connectivity index (χ1v) is 5.85. The third kappa shape index (κ3) is 2.27. The van der Waals surface area contributed by atoms with Gasteiger partial charge in [-0.3, -0.25) is 0 Å². The number of unbranched alkanes of at least 4 members (excludes halogenated alkanes) is 1. The molecule has 0 radical (unpaired) electrons. The van der Waals surface area contributed by atoms with Crippen LogP contribution in [0.4, 0.5) is 5.69 Å². The normalized spacial score (nSPS) is 10.7. The second-order valence-electron chi connectivity index (χ2n) is 4.12. The van der Waals surface area contributed by atoms with Crippen molar-refractivity contribution in [3.63, 3.8) is 0 Å². The Kier molecular flexibility index (Phi) is 3.37. The van der Waals surface area contributed by atoms with Gasteiger partial charge in [0.2, 0.25) is 0 Å². The van der Waals surface area contributed by atoms with E-state index in [1.54, 1.807) is 0 Å². The number of rotatable bonds is 4. The highest BCUT2D eigenvalue weighted by Gasteiger charge is 2.13. The molecular weight excluding hydrogens is 214 g/mol. The fourth-order valence-electron chi connectivity index (χ4n) is 1.84. The van der Waals surface area contributed by atoms with Crippen LogP contribution in [0.2, 0.25) is 0 Å². The second-order valence-corrected chi connectivity index (χ2v) is 4.12. The number of aromatic nitrogens is 4. The number of tetrazole rings is 1. The summed E-state index contributed by atoms with van der Waals surface area (Å²) in [5, 5.41) is 11.8. The Labute approximate surface area is 101 Å². The molecule has 2 rings (SSSR count). The summed E-state index contributed by atoms with van der Waals surface area (Å²) >= 11 is 0. The van der Waals surface area contributed by atoms with Gasteiger partial charge in [-0.25, -0.2) is 4.68 Å². The van der Waals surface area contributed by atoms with Gasteiger partial charge >= 0.3 is 0 Å². The zero-order valence-corrected chi connectivity index (χ0v) is 10.2. The van der Waals surface area contributed by atoms with E-state index in [0.29, 0.717) is 0 Å². The van der Waals surface area contributed by atoms with Crippen molar-refractivity contribution < 1.29 is 0 Å². The number of aryl methyl sites for hydroxylation is 2. The fraction of sp³-hybridized carbons (Fsp3) is 0.417. The van der Waals surface area contributed by atoms with Crippen molar-refractivity contribution in [2.24, 2.45) is 0 Å². The number of hydrogen-bond acceptors (Lipinski definition) is 4. The molecule has 0 spiro atoms. The average Bonchev–Trinajstić information content (AvgIpc) is 2.74. The molecule has 1 aromatic heterocycles. The second kappa shape index (κ2) is 4.95. The van der Waals surface area contributed by atoms with Gasteiger partial charge in [-0.15, -0.1) is 5.10 Å². The number of nitrogens with zero attached hydrogens (tertiary/aromatic N) is 4. The third-order valence-corrected chi connectivity index (χ3v) is 2.78. The van der Waals surface area contributed by atoms with Crippen molar-refractivity contribution in [1.29, 1.82) is 0 Å². The van der Waals surface area contributed by atoms with Crippen LogP contribution in [0.25, 0.3) is 11.4 Å². The molecule has 2 N–H and O–H groups in total. The van der Waals surface area contributed by atoms with Gasteiger partial charge in [0.25, 0.3) is 0 Å². The topological polar surface area (TPSA) is 69.6 Å². The smallest absolute Gasteiger partial charge is 0.184 e. The van der Waals surface area contributed by atoms with E-state index in [4.69, 9.17) is 5.73 Å². The zero-order valence-electron chi connectivity index (χ0n) is 10.2. The van der Waals surface area contributed by atoms with Crippen LogP contribution in [0, 0.1) is 6.92 Å². The van der Waals surface area contributed by atoms with Crippen LogP contribution in [-0.4, -0.2) is 20.2 Å². The summed E-state index contributed by atoms with van der Waals surface area (Å²) in [4.78, 5) is 0. The Morgan fingerprint density at radius 2 is 2.18 bits per heavy atom. The van der Waals surface area contributed by atoms with Crippen molar-refractivity contribution in [3.05, 3.63) is 23.8 Å². The molecule has 0 saturated carbocycles. The number of hydrogen-bond donors (Lipinski definition) is 1. The molecule has 2 aromatic rings. The van der Waals surface area contributed by atoms with Crippen molar-refractivity contribution in [2.75, 3.05) is 5.73 Å². The minimum Gasteiger partial charge on any atom is -0.398 e. The van der Waals surface area contributed by atoms with Crippen molar-refractivity contribution in [1.82, 2.24) is 20.2 Å². The Bertz CT molecular complexity index is 483. The predicted octanol–water partition coefficient (Wildman–Crippen LogP) is 2.03. The molecule has 1 aromatic carbocycles. The number of nitrogen functional groups attached to an aromatic ring is 1. The van der Waals surface area contributed by atoms with Gasteiger partial charge in [0.15, 0.2) is 5.82 Å². The van der Waals surface area contributed by atoms with Crippen LogP contribution in [0.1, 0.15) is 25.3 Å². The van der Waals surface area contributed by atoms with Gasteiger partial charge in [-0.1, -0.05) is 25.5 Å². The lowest BCUT2D eigenvalue weighted by atomic mass is 10.1. The first kappa shape index (κ1) is 11.6. The summed E-state index contributed by atoms with van der Waals surface area (Å²) in [6.45, 7) is 4.99. The highest BCUT2D eigenvalue weighted by atomic mass is 15.5. The molecule has 1 heterocycles. The zero-order chi connectivity index (χ0) is 12.3. The van der Waals surface area contributed by atoms with Crippen molar-refractivity contribution in [3.8, 4) is 11.4 Å². The van der Waals surface area contributed by atoms with Crippen LogP contribution in [0.15, 0.2) is 18.2 Å². The largest absolute Gasteiger partial charge is 0.398 e. The summed E-state index contributed by atoms with van der Waals surface area (Å²) in [6, 6.07) is 5.83. The molecule has 0 unspecified atom stereocenters. The van der Waals surface area contributed by atoms with Crippen LogP contribution >= 0.6 is 0 Å². The van der Waals surface area contributed by atoms with E-state index in [1.807, 2.05) is 29.8 Å². The molecule has 17 heavy (non-hydrogen) atoms. The predicted molar refractivity (Wildman–Crippen MR) is 67.3 cm³/mol. The van der Waals surface area contributed by atoms with E-state index in [0.717, 1.165) is 42.0 Å². The minimum absolute atomic E-state index is 0.720. The lowest BCUT2D eigenvalue weighted by Gasteiger charge is -2.09. The SMILES string of the molecule is CCCCn1nnnc1-c1c(C)cccc1N. The average molecular weight is 231 g/mol. The van der Waals surface area contributed by atoms with E-state index in [1.165, 1.54) is 0 Å². The molecule has 0 bridgehead atoms. The molecule has 0 fully saturated rings. The van der Waals surface area contributed by atoms with E-state index in [9.17, 15) is 0 Å². The molecule has 0 saturated heterocycles. The van der Waals surface area contributed by atoms with Gasteiger partial charge in [-0.2, -0.15) is 0 Å². The Morgan fingerprint density at radius 3 is 2.88 bits per heavy atom.